The van der Waals surface area contributed by atoms with Crippen LogP contribution in [-0.4, -0.2) is 16.0 Å². The van der Waals surface area contributed by atoms with E-state index in [0.717, 1.165) is 18.5 Å². The van der Waals surface area contributed by atoms with Crippen LogP contribution in [0.25, 0.3) is 0 Å². The van der Waals surface area contributed by atoms with Crippen LogP contribution < -0.4 is 0 Å². The van der Waals surface area contributed by atoms with Crippen LogP contribution in [0.2, 0.25) is 0 Å². The summed E-state index contributed by atoms with van der Waals surface area (Å²) in [5.41, 5.74) is 1.50. The number of nitriles is 1. The topological polar surface area (TPSA) is 53.8 Å². The highest BCUT2D eigenvalue weighted by atomic mass is 32.2. The summed E-state index contributed by atoms with van der Waals surface area (Å²) in [5, 5.41) is 9.89. The third-order valence-corrected chi connectivity index (χ3v) is 7.35. The third kappa shape index (κ3) is 1.87. The van der Waals surface area contributed by atoms with Crippen molar-refractivity contribution in [2.75, 3.05) is 0 Å². The molecule has 0 spiro atoms. The number of rotatable bonds is 2. The van der Waals surface area contributed by atoms with Crippen molar-refractivity contribution in [3.05, 3.63) is 23.4 Å². The number of carbonyl (C=O) groups excluding carboxylic acids is 1. The Kier molecular flexibility index (Phi) is 3.18. The first-order valence-corrected chi connectivity index (χ1v) is 8.27. The number of aromatic nitrogens is 1. The van der Waals surface area contributed by atoms with Gasteiger partial charge in [0.15, 0.2) is 0 Å². The fourth-order valence-corrected chi connectivity index (χ4v) is 5.62. The molecule has 21 heavy (non-hydrogen) atoms. The summed E-state index contributed by atoms with van der Waals surface area (Å²) in [5.74, 6) is 0.515. The lowest BCUT2D eigenvalue weighted by molar-refractivity contribution is -0.122. The lowest BCUT2D eigenvalue weighted by Gasteiger charge is -2.37. The number of hydrogen-bond acceptors (Lipinski definition) is 4. The van der Waals surface area contributed by atoms with Crippen LogP contribution in [0.3, 0.4) is 0 Å². The van der Waals surface area contributed by atoms with Crippen molar-refractivity contribution in [1.82, 2.24) is 4.98 Å². The molecular weight excluding hydrogens is 280 g/mol. The quantitative estimate of drug-likeness (QED) is 0.834. The molecule has 3 atom stereocenters. The zero-order valence-electron chi connectivity index (χ0n) is 12.9. The number of fused-ring (bicyclic) bond motifs is 2. The highest BCUT2D eigenvalue weighted by Crippen LogP contribution is 2.67. The third-order valence-electron chi connectivity index (χ3n) is 5.83. The number of nitrogens with zero attached hydrogens (tertiary/aromatic N) is 2. The Bertz CT molecular complexity index is 661. The Hall–Kier alpha value is -1.34. The van der Waals surface area contributed by atoms with Gasteiger partial charge in [0.25, 0.3) is 0 Å². The minimum Gasteiger partial charge on any atom is -0.298 e. The molecule has 3 nitrogen and oxygen atoms in total. The van der Waals surface area contributed by atoms with E-state index in [0.29, 0.717) is 16.4 Å². The second-order valence-electron chi connectivity index (χ2n) is 7.05. The first-order chi connectivity index (χ1) is 9.81. The van der Waals surface area contributed by atoms with E-state index in [2.05, 4.69) is 31.8 Å². The van der Waals surface area contributed by atoms with E-state index in [4.69, 9.17) is 0 Å². The smallest absolute Gasteiger partial charge is 0.150 e. The summed E-state index contributed by atoms with van der Waals surface area (Å²) in [4.78, 5) is 17.2. The van der Waals surface area contributed by atoms with Crippen LogP contribution in [-0.2, 0) is 4.79 Å². The molecule has 0 aliphatic heterocycles. The maximum absolute atomic E-state index is 12.7. The molecule has 0 N–H and O–H groups in total. The van der Waals surface area contributed by atoms with Crippen LogP contribution in [0.1, 0.15) is 44.9 Å². The predicted molar refractivity (Wildman–Crippen MR) is 83.0 cm³/mol. The maximum atomic E-state index is 12.7. The zero-order chi connectivity index (χ0) is 15.4. The van der Waals surface area contributed by atoms with Gasteiger partial charge >= 0.3 is 0 Å². The standard InChI is InChI=1S/C17H20N2OS/c1-10-5-6-11(9-18)15(19-10)21-14-13(20)12-7-8-17(14,4)16(12,2)3/h5-6,12,14H,7-8H2,1-4H3/t12-,14+,17+/m1/s1. The van der Waals surface area contributed by atoms with Gasteiger partial charge in [-0.15, -0.1) is 0 Å². The molecule has 4 heteroatoms. The summed E-state index contributed by atoms with van der Waals surface area (Å²) in [6.07, 6.45) is 2.09. The van der Waals surface area contributed by atoms with Crippen molar-refractivity contribution >= 4 is 17.5 Å². The van der Waals surface area contributed by atoms with E-state index in [-0.39, 0.29) is 22.0 Å². The largest absolute Gasteiger partial charge is 0.298 e. The average Bonchev–Trinajstić information content (AvgIpc) is 2.73. The monoisotopic (exact) mass is 300 g/mol. The SMILES string of the molecule is Cc1ccc(C#N)c(S[C@H]2C(=O)[C@H]3CC[C@]2(C)C3(C)C)n1. The highest BCUT2D eigenvalue weighted by Gasteiger charge is 2.66. The number of aryl methyl sites for hydroxylation is 1. The first-order valence-electron chi connectivity index (χ1n) is 7.39. The summed E-state index contributed by atoms with van der Waals surface area (Å²) >= 11 is 1.51. The Morgan fingerprint density at radius 3 is 2.67 bits per heavy atom. The summed E-state index contributed by atoms with van der Waals surface area (Å²) in [6.45, 7) is 8.59. The fraction of sp³-hybridized carbons (Fsp3) is 0.588. The van der Waals surface area contributed by atoms with Crippen LogP contribution in [0.15, 0.2) is 17.2 Å². The molecule has 1 aromatic heterocycles. The molecule has 0 aromatic carbocycles. The van der Waals surface area contributed by atoms with E-state index in [1.54, 1.807) is 6.07 Å². The molecule has 2 saturated carbocycles. The number of Topliss-reactive ketones (excluding diaryl/α,β-unsaturated/α-hetero) is 1. The van der Waals surface area contributed by atoms with E-state index in [1.165, 1.54) is 11.8 Å². The predicted octanol–water partition coefficient (Wildman–Crippen LogP) is 3.75. The first kappa shape index (κ1) is 14.6. The highest BCUT2D eigenvalue weighted by molar-refractivity contribution is 8.00. The fourth-order valence-electron chi connectivity index (χ4n) is 4.00. The van der Waals surface area contributed by atoms with Crippen LogP contribution in [0.4, 0.5) is 0 Å². The van der Waals surface area contributed by atoms with E-state index in [9.17, 15) is 10.1 Å². The Morgan fingerprint density at radius 1 is 1.38 bits per heavy atom. The van der Waals surface area contributed by atoms with Gasteiger partial charge in [0, 0.05) is 11.6 Å². The molecule has 1 heterocycles. The van der Waals surface area contributed by atoms with Gasteiger partial charge in [0.2, 0.25) is 0 Å². The average molecular weight is 300 g/mol. The number of pyridine rings is 1. The van der Waals surface area contributed by atoms with Gasteiger partial charge < -0.3 is 0 Å². The molecule has 2 aliphatic carbocycles. The lowest BCUT2D eigenvalue weighted by atomic mass is 9.71. The number of carbonyl (C=O) groups is 1. The Balaban J connectivity index is 1.99. The van der Waals surface area contributed by atoms with E-state index >= 15 is 0 Å². The normalized spacial score (nSPS) is 33.2. The minimum absolute atomic E-state index is 0.00241. The molecule has 2 bridgehead atoms. The molecule has 0 amide bonds. The van der Waals surface area contributed by atoms with Crippen molar-refractivity contribution < 1.29 is 4.79 Å². The van der Waals surface area contributed by atoms with Crippen molar-refractivity contribution in [2.45, 2.75) is 50.8 Å². The molecule has 110 valence electrons. The van der Waals surface area contributed by atoms with Gasteiger partial charge in [-0.05, 0) is 42.7 Å². The van der Waals surface area contributed by atoms with Gasteiger partial charge in [-0.25, -0.2) is 4.98 Å². The molecule has 0 unspecified atom stereocenters. The van der Waals surface area contributed by atoms with Gasteiger partial charge in [0.1, 0.15) is 16.9 Å². The van der Waals surface area contributed by atoms with Crippen LogP contribution in [0.5, 0.6) is 0 Å². The number of hydrogen-bond donors (Lipinski definition) is 0. The molecule has 0 radical (unpaired) electrons. The zero-order valence-corrected chi connectivity index (χ0v) is 13.8. The van der Waals surface area contributed by atoms with Gasteiger partial charge in [-0.2, -0.15) is 5.26 Å². The van der Waals surface area contributed by atoms with E-state index in [1.807, 2.05) is 13.0 Å². The van der Waals surface area contributed by atoms with Crippen molar-refractivity contribution in [3.8, 4) is 6.07 Å². The second-order valence-corrected chi connectivity index (χ2v) is 8.14. The van der Waals surface area contributed by atoms with Crippen LogP contribution in [0, 0.1) is 35.0 Å². The lowest BCUT2D eigenvalue weighted by Crippen LogP contribution is -2.35. The van der Waals surface area contributed by atoms with Crippen molar-refractivity contribution in [3.63, 3.8) is 0 Å². The summed E-state index contributed by atoms with van der Waals surface area (Å²) in [6, 6.07) is 5.84. The Labute approximate surface area is 130 Å². The van der Waals surface area contributed by atoms with Gasteiger partial charge in [-0.1, -0.05) is 32.5 Å². The van der Waals surface area contributed by atoms with E-state index < -0.39 is 0 Å². The summed E-state index contributed by atoms with van der Waals surface area (Å²) < 4.78 is 0. The molecule has 0 saturated heterocycles. The van der Waals surface area contributed by atoms with Gasteiger partial charge in [-0.3, -0.25) is 4.79 Å². The number of ketones is 1. The van der Waals surface area contributed by atoms with Gasteiger partial charge in [0.05, 0.1) is 10.8 Å². The van der Waals surface area contributed by atoms with Crippen molar-refractivity contribution in [2.24, 2.45) is 16.7 Å². The van der Waals surface area contributed by atoms with Crippen LogP contribution >= 0.6 is 11.8 Å². The second kappa shape index (κ2) is 4.58. The maximum Gasteiger partial charge on any atom is 0.150 e. The molecule has 2 aliphatic rings. The molecule has 2 fully saturated rings. The van der Waals surface area contributed by atoms with Crippen molar-refractivity contribution in [1.29, 1.82) is 5.26 Å². The minimum atomic E-state index is -0.0763. The summed E-state index contributed by atoms with van der Waals surface area (Å²) in [7, 11) is 0. The Morgan fingerprint density at radius 2 is 2.10 bits per heavy atom. The number of thioether (sulfide) groups is 1. The molecule has 1 aromatic rings. The molecular formula is C17H20N2OS. The molecule has 3 rings (SSSR count).